The van der Waals surface area contributed by atoms with E-state index in [-0.39, 0.29) is 0 Å². The molecule has 0 aromatic carbocycles. The van der Waals surface area contributed by atoms with Crippen LogP contribution >= 0.6 is 0 Å². The quantitative estimate of drug-likeness (QED) is 0.836. The zero-order valence-electron chi connectivity index (χ0n) is 9.76. The van der Waals surface area contributed by atoms with E-state index in [0.29, 0.717) is 6.04 Å². The standard InChI is InChI=1S/C11H15N5O/c1-16-11-9(5-14-16)10(12-7-13-11)15-8-3-2-4-17-6-8/h5,7-8H,2-4,6H2,1H3,(H,12,13,15). The number of rotatable bonds is 2. The van der Waals surface area contributed by atoms with Gasteiger partial charge in [0.15, 0.2) is 5.65 Å². The number of hydrogen-bond donors (Lipinski definition) is 1. The predicted octanol–water partition coefficient (Wildman–Crippen LogP) is 0.954. The highest BCUT2D eigenvalue weighted by molar-refractivity contribution is 5.86. The van der Waals surface area contributed by atoms with Crippen molar-refractivity contribution in [1.29, 1.82) is 0 Å². The Balaban J connectivity index is 1.89. The van der Waals surface area contributed by atoms with Crippen molar-refractivity contribution in [1.82, 2.24) is 19.7 Å². The van der Waals surface area contributed by atoms with Gasteiger partial charge in [-0.1, -0.05) is 0 Å². The van der Waals surface area contributed by atoms with Crippen LogP contribution in [0.15, 0.2) is 12.5 Å². The van der Waals surface area contributed by atoms with Crippen molar-refractivity contribution < 1.29 is 4.74 Å². The lowest BCUT2D eigenvalue weighted by Gasteiger charge is -2.23. The first kappa shape index (κ1) is 10.5. The number of ether oxygens (including phenoxy) is 1. The Labute approximate surface area is 99.0 Å². The number of nitrogens with zero attached hydrogens (tertiary/aromatic N) is 4. The average molecular weight is 233 g/mol. The summed E-state index contributed by atoms with van der Waals surface area (Å²) in [5, 5.41) is 8.56. The number of nitrogens with one attached hydrogen (secondary N) is 1. The number of aryl methyl sites for hydroxylation is 1. The second-order valence-corrected chi connectivity index (χ2v) is 4.29. The van der Waals surface area contributed by atoms with Crippen LogP contribution in [0.1, 0.15) is 12.8 Å². The average Bonchev–Trinajstić information content (AvgIpc) is 2.74. The Morgan fingerprint density at radius 2 is 2.41 bits per heavy atom. The van der Waals surface area contributed by atoms with Gasteiger partial charge in [-0.15, -0.1) is 0 Å². The van der Waals surface area contributed by atoms with E-state index in [0.717, 1.165) is 42.9 Å². The molecule has 1 N–H and O–H groups in total. The number of aromatic nitrogens is 4. The van der Waals surface area contributed by atoms with Gasteiger partial charge in [0, 0.05) is 13.7 Å². The van der Waals surface area contributed by atoms with E-state index in [1.165, 1.54) is 0 Å². The molecule has 1 fully saturated rings. The molecule has 0 saturated carbocycles. The van der Waals surface area contributed by atoms with E-state index in [1.807, 2.05) is 7.05 Å². The third-order valence-electron chi connectivity index (χ3n) is 3.03. The molecule has 17 heavy (non-hydrogen) atoms. The highest BCUT2D eigenvalue weighted by atomic mass is 16.5. The minimum Gasteiger partial charge on any atom is -0.379 e. The van der Waals surface area contributed by atoms with Gasteiger partial charge in [-0.25, -0.2) is 9.97 Å². The summed E-state index contributed by atoms with van der Waals surface area (Å²) in [5.74, 6) is 0.846. The lowest BCUT2D eigenvalue weighted by Crippen LogP contribution is -2.30. The Morgan fingerprint density at radius 3 is 3.24 bits per heavy atom. The number of anilines is 1. The van der Waals surface area contributed by atoms with Crippen molar-refractivity contribution in [2.24, 2.45) is 7.05 Å². The summed E-state index contributed by atoms with van der Waals surface area (Å²) in [5.41, 5.74) is 0.847. The summed E-state index contributed by atoms with van der Waals surface area (Å²) < 4.78 is 7.19. The maximum absolute atomic E-state index is 5.44. The molecule has 0 aliphatic carbocycles. The molecular weight excluding hydrogens is 218 g/mol. The van der Waals surface area contributed by atoms with Crippen LogP contribution in [-0.2, 0) is 11.8 Å². The van der Waals surface area contributed by atoms with E-state index in [4.69, 9.17) is 4.74 Å². The van der Waals surface area contributed by atoms with Crippen molar-refractivity contribution in [3.8, 4) is 0 Å². The lowest BCUT2D eigenvalue weighted by molar-refractivity contribution is 0.0875. The van der Waals surface area contributed by atoms with Crippen molar-refractivity contribution in [2.75, 3.05) is 18.5 Å². The van der Waals surface area contributed by atoms with Gasteiger partial charge < -0.3 is 10.1 Å². The van der Waals surface area contributed by atoms with E-state index in [9.17, 15) is 0 Å². The fourth-order valence-corrected chi connectivity index (χ4v) is 2.12. The van der Waals surface area contributed by atoms with Crippen LogP contribution in [0, 0.1) is 0 Å². The molecule has 2 aromatic heterocycles. The van der Waals surface area contributed by atoms with Gasteiger partial charge in [0.25, 0.3) is 0 Å². The van der Waals surface area contributed by atoms with E-state index < -0.39 is 0 Å². The van der Waals surface area contributed by atoms with Gasteiger partial charge >= 0.3 is 0 Å². The van der Waals surface area contributed by atoms with Crippen molar-refractivity contribution in [3.05, 3.63) is 12.5 Å². The molecule has 1 aliphatic rings. The normalized spacial score (nSPS) is 20.6. The second kappa shape index (κ2) is 4.29. The smallest absolute Gasteiger partial charge is 0.163 e. The maximum Gasteiger partial charge on any atom is 0.163 e. The van der Waals surface area contributed by atoms with Crippen LogP contribution in [0.25, 0.3) is 11.0 Å². The Hall–Kier alpha value is -1.69. The van der Waals surface area contributed by atoms with Crippen LogP contribution in [0.4, 0.5) is 5.82 Å². The molecule has 6 heteroatoms. The second-order valence-electron chi connectivity index (χ2n) is 4.29. The van der Waals surface area contributed by atoms with Crippen LogP contribution in [-0.4, -0.2) is 39.0 Å². The van der Waals surface area contributed by atoms with E-state index >= 15 is 0 Å². The van der Waals surface area contributed by atoms with Gasteiger partial charge in [-0.2, -0.15) is 5.10 Å². The van der Waals surface area contributed by atoms with Crippen LogP contribution in [0.3, 0.4) is 0 Å². The van der Waals surface area contributed by atoms with Crippen molar-refractivity contribution in [3.63, 3.8) is 0 Å². The van der Waals surface area contributed by atoms with Crippen LogP contribution in [0.2, 0.25) is 0 Å². The Morgan fingerprint density at radius 1 is 1.47 bits per heavy atom. The summed E-state index contributed by atoms with van der Waals surface area (Å²) in [6.45, 7) is 1.61. The van der Waals surface area contributed by atoms with Gasteiger partial charge in [-0.05, 0) is 12.8 Å². The van der Waals surface area contributed by atoms with Gasteiger partial charge in [-0.3, -0.25) is 4.68 Å². The largest absolute Gasteiger partial charge is 0.379 e. The first-order valence-electron chi connectivity index (χ1n) is 5.81. The zero-order chi connectivity index (χ0) is 11.7. The first-order chi connectivity index (χ1) is 8.34. The lowest BCUT2D eigenvalue weighted by atomic mass is 10.1. The third-order valence-corrected chi connectivity index (χ3v) is 3.03. The van der Waals surface area contributed by atoms with Crippen LogP contribution < -0.4 is 5.32 Å². The molecule has 0 bridgehead atoms. The molecular formula is C11H15N5O. The molecule has 1 aliphatic heterocycles. The summed E-state index contributed by atoms with van der Waals surface area (Å²) in [6, 6.07) is 0.335. The van der Waals surface area contributed by atoms with E-state index in [1.54, 1.807) is 17.2 Å². The van der Waals surface area contributed by atoms with E-state index in [2.05, 4.69) is 20.4 Å². The topological polar surface area (TPSA) is 64.9 Å². The van der Waals surface area contributed by atoms with Crippen molar-refractivity contribution >= 4 is 16.9 Å². The summed E-state index contributed by atoms with van der Waals surface area (Å²) in [7, 11) is 1.88. The predicted molar refractivity (Wildman–Crippen MR) is 63.8 cm³/mol. The van der Waals surface area contributed by atoms with Gasteiger partial charge in [0.1, 0.15) is 12.1 Å². The van der Waals surface area contributed by atoms with Gasteiger partial charge in [0.2, 0.25) is 0 Å². The molecule has 90 valence electrons. The monoisotopic (exact) mass is 233 g/mol. The molecule has 1 saturated heterocycles. The fraction of sp³-hybridized carbons (Fsp3) is 0.545. The SMILES string of the molecule is Cn1ncc2c(NC3CCCOC3)ncnc21. The minimum atomic E-state index is 0.335. The highest BCUT2D eigenvalue weighted by Crippen LogP contribution is 2.20. The minimum absolute atomic E-state index is 0.335. The summed E-state index contributed by atoms with van der Waals surface area (Å²) in [6.07, 6.45) is 5.57. The third kappa shape index (κ3) is 1.95. The molecule has 0 amide bonds. The highest BCUT2D eigenvalue weighted by Gasteiger charge is 2.16. The molecule has 1 atom stereocenters. The molecule has 1 unspecified atom stereocenters. The molecule has 2 aromatic rings. The summed E-state index contributed by atoms with van der Waals surface area (Å²) in [4.78, 5) is 8.50. The molecule has 6 nitrogen and oxygen atoms in total. The number of fused-ring (bicyclic) bond motifs is 1. The number of hydrogen-bond acceptors (Lipinski definition) is 5. The van der Waals surface area contributed by atoms with Crippen molar-refractivity contribution in [2.45, 2.75) is 18.9 Å². The molecule has 3 rings (SSSR count). The zero-order valence-corrected chi connectivity index (χ0v) is 9.76. The summed E-state index contributed by atoms with van der Waals surface area (Å²) >= 11 is 0. The Kier molecular flexibility index (Phi) is 2.64. The van der Waals surface area contributed by atoms with Gasteiger partial charge in [0.05, 0.1) is 24.2 Å². The Bertz CT molecular complexity index is 518. The molecule has 0 spiro atoms. The maximum atomic E-state index is 5.44. The van der Waals surface area contributed by atoms with Crippen LogP contribution in [0.5, 0.6) is 0 Å². The first-order valence-corrected chi connectivity index (χ1v) is 5.81. The molecule has 3 heterocycles. The molecule has 0 radical (unpaired) electrons. The fourth-order valence-electron chi connectivity index (χ4n) is 2.12.